The van der Waals surface area contributed by atoms with E-state index in [9.17, 15) is 13.2 Å². The van der Waals surface area contributed by atoms with Crippen molar-refractivity contribution in [3.63, 3.8) is 0 Å². The molecule has 1 aromatic heterocycles. The Balaban J connectivity index is 1.55. The quantitative estimate of drug-likeness (QED) is 0.561. The summed E-state index contributed by atoms with van der Waals surface area (Å²) in [6, 6.07) is 13.2. The second-order valence-electron chi connectivity index (χ2n) is 7.65. The lowest BCUT2D eigenvalue weighted by molar-refractivity contribution is -0.117. The first kappa shape index (κ1) is 22.5. The van der Waals surface area contributed by atoms with E-state index in [2.05, 4.69) is 14.7 Å². The van der Waals surface area contributed by atoms with Crippen LogP contribution in [0.4, 0.5) is 11.4 Å². The van der Waals surface area contributed by atoms with Crippen molar-refractivity contribution in [1.82, 2.24) is 9.97 Å². The molecule has 2 heterocycles. The number of carbonyl (C=O) groups is 1. The fourth-order valence-electron chi connectivity index (χ4n) is 3.61. The highest BCUT2D eigenvalue weighted by molar-refractivity contribution is 7.92. The standard InChI is InChI=1S/C23H24N4O5S/c1-15-13-16(2)25-23(24-15)32-19-9-6-17(7-10-19)26-33(29,30)21-14-18(8-11-20(21)31-3)27-12-4-5-22(27)28/h6-11,13-14,26H,4-5,12H2,1-3H3. The number of rotatable bonds is 7. The number of carbonyl (C=O) groups excluding carboxylic acids is 1. The number of aryl methyl sites for hydroxylation is 2. The van der Waals surface area contributed by atoms with E-state index < -0.39 is 10.0 Å². The summed E-state index contributed by atoms with van der Waals surface area (Å²) in [4.78, 5) is 22.1. The van der Waals surface area contributed by atoms with Crippen molar-refractivity contribution < 1.29 is 22.7 Å². The van der Waals surface area contributed by atoms with Gasteiger partial charge in [0.15, 0.2) is 0 Å². The van der Waals surface area contributed by atoms with Crippen molar-refractivity contribution in [3.8, 4) is 17.5 Å². The van der Waals surface area contributed by atoms with E-state index >= 15 is 0 Å². The van der Waals surface area contributed by atoms with Crippen LogP contribution in [0.5, 0.6) is 17.5 Å². The number of nitrogens with one attached hydrogen (secondary N) is 1. The van der Waals surface area contributed by atoms with Crippen LogP contribution < -0.4 is 19.1 Å². The highest BCUT2D eigenvalue weighted by Gasteiger charge is 2.26. The molecule has 0 radical (unpaired) electrons. The maximum absolute atomic E-state index is 13.1. The largest absolute Gasteiger partial charge is 0.495 e. The van der Waals surface area contributed by atoms with Gasteiger partial charge in [-0.25, -0.2) is 18.4 Å². The Morgan fingerprint density at radius 1 is 1.00 bits per heavy atom. The monoisotopic (exact) mass is 468 g/mol. The molecule has 9 nitrogen and oxygen atoms in total. The topological polar surface area (TPSA) is 111 Å². The molecule has 1 N–H and O–H groups in total. The minimum Gasteiger partial charge on any atom is -0.495 e. The Labute approximate surface area is 192 Å². The van der Waals surface area contributed by atoms with Gasteiger partial charge in [0.2, 0.25) is 5.91 Å². The first-order valence-corrected chi connectivity index (χ1v) is 11.8. The molecule has 1 saturated heterocycles. The predicted octanol–water partition coefficient (Wildman–Crippen LogP) is 3.82. The third-order valence-electron chi connectivity index (χ3n) is 5.10. The number of hydrogen-bond acceptors (Lipinski definition) is 7. The fraction of sp³-hybridized carbons (Fsp3) is 0.261. The van der Waals surface area contributed by atoms with Crippen molar-refractivity contribution in [2.45, 2.75) is 31.6 Å². The van der Waals surface area contributed by atoms with E-state index in [1.54, 1.807) is 41.3 Å². The molecular formula is C23H24N4O5S. The van der Waals surface area contributed by atoms with Gasteiger partial charge in [-0.2, -0.15) is 0 Å². The molecule has 33 heavy (non-hydrogen) atoms. The van der Waals surface area contributed by atoms with Crippen molar-refractivity contribution in [3.05, 3.63) is 59.9 Å². The van der Waals surface area contributed by atoms with Crippen LogP contribution in [0.2, 0.25) is 0 Å². The lowest BCUT2D eigenvalue weighted by atomic mass is 10.3. The summed E-state index contributed by atoms with van der Waals surface area (Å²) < 4.78 is 39.8. The van der Waals surface area contributed by atoms with Crippen LogP contribution in [0.1, 0.15) is 24.2 Å². The van der Waals surface area contributed by atoms with Gasteiger partial charge in [-0.05, 0) is 68.8 Å². The second-order valence-corrected chi connectivity index (χ2v) is 9.30. The smallest absolute Gasteiger partial charge is 0.322 e. The van der Waals surface area contributed by atoms with E-state index in [0.29, 0.717) is 30.1 Å². The molecule has 0 spiro atoms. The van der Waals surface area contributed by atoms with Gasteiger partial charge >= 0.3 is 6.01 Å². The minimum atomic E-state index is -3.99. The summed E-state index contributed by atoms with van der Waals surface area (Å²) in [5, 5.41) is 0. The number of hydrogen-bond donors (Lipinski definition) is 1. The summed E-state index contributed by atoms with van der Waals surface area (Å²) >= 11 is 0. The third kappa shape index (κ3) is 5.06. The van der Waals surface area contributed by atoms with Crippen molar-refractivity contribution in [1.29, 1.82) is 0 Å². The summed E-state index contributed by atoms with van der Waals surface area (Å²) in [6.45, 7) is 4.26. The summed E-state index contributed by atoms with van der Waals surface area (Å²) in [7, 11) is -2.59. The average Bonchev–Trinajstić information content (AvgIpc) is 3.19. The second kappa shape index (κ2) is 9.07. The van der Waals surface area contributed by atoms with Crippen LogP contribution in [0.3, 0.4) is 0 Å². The predicted molar refractivity (Wildman–Crippen MR) is 123 cm³/mol. The van der Waals surface area contributed by atoms with Gasteiger partial charge in [-0.1, -0.05) is 0 Å². The van der Waals surface area contributed by atoms with Gasteiger partial charge in [0, 0.05) is 35.7 Å². The van der Waals surface area contributed by atoms with Crippen LogP contribution >= 0.6 is 0 Å². The van der Waals surface area contributed by atoms with Crippen molar-refractivity contribution >= 4 is 27.3 Å². The van der Waals surface area contributed by atoms with Crippen LogP contribution in [0.15, 0.2) is 53.4 Å². The Bertz CT molecular complexity index is 1270. The zero-order chi connectivity index (χ0) is 23.6. The molecule has 0 unspecified atom stereocenters. The Kier molecular flexibility index (Phi) is 6.19. The normalized spacial score (nSPS) is 13.8. The van der Waals surface area contributed by atoms with Gasteiger partial charge in [0.25, 0.3) is 10.0 Å². The van der Waals surface area contributed by atoms with Gasteiger partial charge < -0.3 is 14.4 Å². The summed E-state index contributed by atoms with van der Waals surface area (Å²) in [5.74, 6) is 0.625. The van der Waals surface area contributed by atoms with Crippen LogP contribution in [0, 0.1) is 13.8 Å². The van der Waals surface area contributed by atoms with E-state index in [0.717, 1.165) is 17.8 Å². The van der Waals surface area contributed by atoms with Gasteiger partial charge in [-0.3, -0.25) is 9.52 Å². The Hall–Kier alpha value is -3.66. The molecule has 10 heteroatoms. The first-order valence-electron chi connectivity index (χ1n) is 10.4. The number of methoxy groups -OCH3 is 1. The van der Waals surface area contributed by atoms with Gasteiger partial charge in [0.05, 0.1) is 7.11 Å². The highest BCUT2D eigenvalue weighted by atomic mass is 32.2. The Morgan fingerprint density at radius 3 is 2.30 bits per heavy atom. The maximum Gasteiger partial charge on any atom is 0.322 e. The third-order valence-corrected chi connectivity index (χ3v) is 6.50. The lowest BCUT2D eigenvalue weighted by Gasteiger charge is -2.18. The van der Waals surface area contributed by atoms with E-state index in [1.807, 2.05) is 19.9 Å². The van der Waals surface area contributed by atoms with Gasteiger partial charge in [0.1, 0.15) is 16.4 Å². The SMILES string of the molecule is COc1ccc(N2CCCC2=O)cc1S(=O)(=O)Nc1ccc(Oc2nc(C)cc(C)n2)cc1. The zero-order valence-electron chi connectivity index (χ0n) is 18.5. The molecule has 172 valence electrons. The summed E-state index contributed by atoms with van der Waals surface area (Å²) in [5.41, 5.74) is 2.44. The molecular weight excluding hydrogens is 444 g/mol. The number of anilines is 2. The summed E-state index contributed by atoms with van der Waals surface area (Å²) in [6.07, 6.45) is 1.20. The molecule has 1 aliphatic rings. The Morgan fingerprint density at radius 2 is 1.70 bits per heavy atom. The number of benzene rings is 2. The molecule has 3 aromatic rings. The number of ether oxygens (including phenoxy) is 2. The van der Waals surface area contributed by atoms with E-state index in [-0.39, 0.29) is 22.6 Å². The molecule has 1 amide bonds. The number of aromatic nitrogens is 2. The number of amides is 1. The van der Waals surface area contributed by atoms with E-state index in [1.165, 1.54) is 13.2 Å². The number of nitrogens with zero attached hydrogens (tertiary/aromatic N) is 3. The van der Waals surface area contributed by atoms with E-state index in [4.69, 9.17) is 9.47 Å². The van der Waals surface area contributed by atoms with Crippen molar-refractivity contribution in [2.24, 2.45) is 0 Å². The molecule has 1 fully saturated rings. The van der Waals surface area contributed by atoms with Crippen LogP contribution in [-0.2, 0) is 14.8 Å². The van der Waals surface area contributed by atoms with Crippen LogP contribution in [-0.4, -0.2) is 37.9 Å². The average molecular weight is 469 g/mol. The maximum atomic E-state index is 13.1. The number of sulfonamides is 1. The molecule has 0 bridgehead atoms. The highest BCUT2D eigenvalue weighted by Crippen LogP contribution is 2.32. The molecule has 1 aliphatic heterocycles. The first-order chi connectivity index (χ1) is 15.7. The molecule has 0 atom stereocenters. The molecule has 0 saturated carbocycles. The molecule has 4 rings (SSSR count). The lowest BCUT2D eigenvalue weighted by Crippen LogP contribution is -2.24. The molecule has 2 aromatic carbocycles. The fourth-order valence-corrected chi connectivity index (χ4v) is 4.86. The van der Waals surface area contributed by atoms with Gasteiger partial charge in [-0.15, -0.1) is 0 Å². The van der Waals surface area contributed by atoms with Crippen LogP contribution in [0.25, 0.3) is 0 Å². The minimum absolute atomic E-state index is 0.0279. The molecule has 0 aliphatic carbocycles. The zero-order valence-corrected chi connectivity index (χ0v) is 19.3. The van der Waals surface area contributed by atoms with Crippen molar-refractivity contribution in [2.75, 3.05) is 23.3 Å².